The van der Waals surface area contributed by atoms with Crippen LogP contribution in [-0.4, -0.2) is 29.3 Å². The molecular formula is C13H16Cl2N2O3. The number of benzene rings is 1. The number of phenolic OH excluding ortho intramolecular Hbond substituents is 1. The van der Waals surface area contributed by atoms with Crippen LogP contribution in [0.4, 0.5) is 0 Å². The van der Waals surface area contributed by atoms with E-state index in [0.717, 1.165) is 0 Å². The van der Waals surface area contributed by atoms with Crippen molar-refractivity contribution in [3.63, 3.8) is 0 Å². The Morgan fingerprint density at radius 1 is 1.50 bits per heavy atom. The Morgan fingerprint density at radius 3 is 2.80 bits per heavy atom. The van der Waals surface area contributed by atoms with E-state index in [9.17, 15) is 15.0 Å². The average Bonchev–Trinajstić information content (AvgIpc) is 2.84. The molecule has 2 rings (SSSR count). The smallest absolute Gasteiger partial charge is 0.223 e. The Balaban J connectivity index is 2.22. The Bertz CT molecular complexity index is 525. The fourth-order valence-electron chi connectivity index (χ4n) is 2.65. The summed E-state index contributed by atoms with van der Waals surface area (Å²) in [5, 5.41) is 23.0. The SMILES string of the molecule is NC(=O)[C@H](CO)[C@H]1CN[C@@H](c2c(O)ccc(Cl)c2Cl)C1. The number of phenols is 1. The highest BCUT2D eigenvalue weighted by Crippen LogP contribution is 2.41. The summed E-state index contributed by atoms with van der Waals surface area (Å²) in [5.74, 6) is -1.18. The summed E-state index contributed by atoms with van der Waals surface area (Å²) in [4.78, 5) is 11.3. The maximum Gasteiger partial charge on any atom is 0.223 e. The number of hydrogen-bond donors (Lipinski definition) is 4. The standard InChI is InChI=1S/C13H16Cl2N2O3/c14-8-1-2-10(19)11(12(8)15)9-3-6(4-17-9)7(5-18)13(16)20/h1-2,6-7,9,17-19H,3-5H2,(H2,16,20)/t6-,7-,9-/m1/s1. The van der Waals surface area contributed by atoms with Crippen LogP contribution < -0.4 is 11.1 Å². The highest BCUT2D eigenvalue weighted by Gasteiger charge is 2.35. The van der Waals surface area contributed by atoms with Crippen LogP contribution in [0, 0.1) is 11.8 Å². The number of hydrogen-bond acceptors (Lipinski definition) is 4. The lowest BCUT2D eigenvalue weighted by atomic mass is 9.88. The third kappa shape index (κ3) is 2.86. The van der Waals surface area contributed by atoms with Crippen LogP contribution in [0.1, 0.15) is 18.0 Å². The van der Waals surface area contributed by atoms with E-state index in [0.29, 0.717) is 28.6 Å². The molecule has 0 spiro atoms. The Morgan fingerprint density at radius 2 is 2.20 bits per heavy atom. The predicted octanol–water partition coefficient (Wildman–Crippen LogP) is 1.44. The third-order valence-corrected chi connectivity index (χ3v) is 4.57. The van der Waals surface area contributed by atoms with Crippen LogP contribution in [0.25, 0.3) is 0 Å². The highest BCUT2D eigenvalue weighted by molar-refractivity contribution is 6.42. The van der Waals surface area contributed by atoms with Crippen molar-refractivity contribution in [2.24, 2.45) is 17.6 Å². The van der Waals surface area contributed by atoms with Crippen molar-refractivity contribution in [2.45, 2.75) is 12.5 Å². The molecule has 7 heteroatoms. The molecule has 110 valence electrons. The molecule has 20 heavy (non-hydrogen) atoms. The van der Waals surface area contributed by atoms with E-state index in [2.05, 4.69) is 5.32 Å². The lowest BCUT2D eigenvalue weighted by molar-refractivity contribution is -0.124. The number of aliphatic hydroxyl groups excluding tert-OH is 1. The van der Waals surface area contributed by atoms with Gasteiger partial charge in [-0.05, 0) is 31.0 Å². The van der Waals surface area contributed by atoms with Crippen molar-refractivity contribution in [1.82, 2.24) is 5.32 Å². The lowest BCUT2D eigenvalue weighted by Crippen LogP contribution is -2.33. The molecule has 1 fully saturated rings. The fraction of sp³-hybridized carbons (Fsp3) is 0.462. The van der Waals surface area contributed by atoms with Crippen LogP contribution in [0.3, 0.4) is 0 Å². The van der Waals surface area contributed by atoms with Crippen LogP contribution in [0.2, 0.25) is 10.0 Å². The largest absolute Gasteiger partial charge is 0.508 e. The predicted molar refractivity (Wildman–Crippen MR) is 76.7 cm³/mol. The summed E-state index contributed by atoms with van der Waals surface area (Å²) < 4.78 is 0. The quantitative estimate of drug-likeness (QED) is 0.675. The number of halogens is 2. The molecule has 0 unspecified atom stereocenters. The first kappa shape index (κ1) is 15.4. The van der Waals surface area contributed by atoms with Gasteiger partial charge >= 0.3 is 0 Å². The first-order chi connectivity index (χ1) is 9.45. The van der Waals surface area contributed by atoms with Gasteiger partial charge in [-0.1, -0.05) is 23.2 Å². The lowest BCUT2D eigenvalue weighted by Gasteiger charge is -2.18. The number of rotatable bonds is 4. The van der Waals surface area contributed by atoms with Gasteiger partial charge in [-0.25, -0.2) is 0 Å². The van der Waals surface area contributed by atoms with Crippen LogP contribution >= 0.6 is 23.2 Å². The zero-order chi connectivity index (χ0) is 14.9. The molecule has 0 bridgehead atoms. The molecule has 1 heterocycles. The highest BCUT2D eigenvalue weighted by atomic mass is 35.5. The summed E-state index contributed by atoms with van der Waals surface area (Å²) in [6, 6.07) is 2.78. The van der Waals surface area contributed by atoms with Gasteiger partial charge in [0.25, 0.3) is 0 Å². The molecule has 5 N–H and O–H groups in total. The third-order valence-electron chi connectivity index (χ3n) is 3.75. The number of carbonyl (C=O) groups is 1. The molecule has 0 radical (unpaired) electrons. The van der Waals surface area contributed by atoms with Crippen molar-refractivity contribution in [3.05, 3.63) is 27.7 Å². The number of aliphatic hydroxyl groups is 1. The normalized spacial score (nSPS) is 23.8. The molecule has 1 amide bonds. The summed E-state index contributed by atoms with van der Waals surface area (Å²) in [7, 11) is 0. The topological polar surface area (TPSA) is 95.6 Å². The summed E-state index contributed by atoms with van der Waals surface area (Å²) in [6.07, 6.45) is 0.543. The van der Waals surface area contributed by atoms with Gasteiger partial charge in [0.15, 0.2) is 0 Å². The molecule has 3 atom stereocenters. The van der Waals surface area contributed by atoms with Crippen LogP contribution in [0.5, 0.6) is 5.75 Å². The average molecular weight is 319 g/mol. The maximum absolute atomic E-state index is 11.3. The molecule has 1 saturated heterocycles. The Kier molecular flexibility index (Phi) is 4.75. The van der Waals surface area contributed by atoms with E-state index in [1.807, 2.05) is 0 Å². The molecule has 0 aliphatic carbocycles. The number of aromatic hydroxyl groups is 1. The minimum absolute atomic E-state index is 0.0529. The second-order valence-electron chi connectivity index (χ2n) is 4.94. The van der Waals surface area contributed by atoms with Gasteiger partial charge in [-0.3, -0.25) is 4.79 Å². The molecule has 0 saturated carbocycles. The second kappa shape index (κ2) is 6.18. The minimum Gasteiger partial charge on any atom is -0.508 e. The van der Waals surface area contributed by atoms with Gasteiger partial charge in [0.2, 0.25) is 5.91 Å². The molecule has 1 aliphatic rings. The number of nitrogens with one attached hydrogen (secondary N) is 1. The summed E-state index contributed by atoms with van der Waals surface area (Å²) in [5.41, 5.74) is 5.79. The van der Waals surface area contributed by atoms with Gasteiger partial charge in [0.05, 0.1) is 22.6 Å². The second-order valence-corrected chi connectivity index (χ2v) is 5.73. The molecular weight excluding hydrogens is 303 g/mol. The van der Waals surface area contributed by atoms with Crippen molar-refractivity contribution in [1.29, 1.82) is 0 Å². The summed E-state index contributed by atoms with van der Waals surface area (Å²) >= 11 is 12.1. The number of nitrogens with two attached hydrogens (primary N) is 1. The van der Waals surface area contributed by atoms with Gasteiger partial charge in [0, 0.05) is 11.6 Å². The van der Waals surface area contributed by atoms with Crippen molar-refractivity contribution in [3.8, 4) is 5.75 Å². The van der Waals surface area contributed by atoms with Crippen LogP contribution in [0.15, 0.2) is 12.1 Å². The van der Waals surface area contributed by atoms with Gasteiger partial charge < -0.3 is 21.3 Å². The molecule has 5 nitrogen and oxygen atoms in total. The van der Waals surface area contributed by atoms with Gasteiger partial charge in [-0.15, -0.1) is 0 Å². The number of primary amides is 1. The maximum atomic E-state index is 11.3. The zero-order valence-electron chi connectivity index (χ0n) is 10.6. The van der Waals surface area contributed by atoms with E-state index < -0.39 is 11.8 Å². The molecule has 1 aromatic rings. The van der Waals surface area contributed by atoms with E-state index in [1.54, 1.807) is 0 Å². The van der Waals surface area contributed by atoms with Gasteiger partial charge in [0.1, 0.15) is 5.75 Å². The Hall–Kier alpha value is -1.01. The van der Waals surface area contributed by atoms with Crippen molar-refractivity contribution < 1.29 is 15.0 Å². The number of amides is 1. The van der Waals surface area contributed by atoms with E-state index in [1.165, 1.54) is 12.1 Å². The van der Waals surface area contributed by atoms with E-state index >= 15 is 0 Å². The van der Waals surface area contributed by atoms with Gasteiger partial charge in [-0.2, -0.15) is 0 Å². The molecule has 1 aromatic carbocycles. The van der Waals surface area contributed by atoms with Crippen LogP contribution in [-0.2, 0) is 4.79 Å². The first-order valence-electron chi connectivity index (χ1n) is 6.26. The first-order valence-corrected chi connectivity index (χ1v) is 7.01. The summed E-state index contributed by atoms with van der Waals surface area (Å²) in [6.45, 7) is 0.227. The molecule has 0 aromatic heterocycles. The van der Waals surface area contributed by atoms with Crippen molar-refractivity contribution >= 4 is 29.1 Å². The fourth-order valence-corrected chi connectivity index (χ4v) is 3.10. The Labute approximate surface area is 126 Å². The zero-order valence-corrected chi connectivity index (χ0v) is 12.2. The van der Waals surface area contributed by atoms with Crippen molar-refractivity contribution in [2.75, 3.05) is 13.2 Å². The minimum atomic E-state index is -0.604. The van der Waals surface area contributed by atoms with E-state index in [-0.39, 0.29) is 24.3 Å². The number of carbonyl (C=O) groups excluding carboxylic acids is 1. The monoisotopic (exact) mass is 318 g/mol. The molecule has 1 aliphatic heterocycles. The van der Waals surface area contributed by atoms with E-state index in [4.69, 9.17) is 28.9 Å².